The van der Waals surface area contributed by atoms with E-state index in [0.717, 1.165) is 17.2 Å². The van der Waals surface area contributed by atoms with E-state index >= 15 is 0 Å². The van der Waals surface area contributed by atoms with Crippen LogP contribution in [0.1, 0.15) is 44.6 Å². The van der Waals surface area contributed by atoms with E-state index in [1.807, 2.05) is 13.0 Å². The predicted molar refractivity (Wildman–Crippen MR) is 70.8 cm³/mol. The maximum atomic E-state index is 13.4. The highest BCUT2D eigenvalue weighted by Crippen LogP contribution is 2.26. The van der Waals surface area contributed by atoms with Crippen LogP contribution >= 0.6 is 0 Å². The molecule has 0 spiro atoms. The monoisotopic (exact) mass is 235 g/mol. The van der Waals surface area contributed by atoms with Crippen molar-refractivity contribution in [3.63, 3.8) is 0 Å². The predicted octanol–water partition coefficient (Wildman–Crippen LogP) is 4.51. The van der Waals surface area contributed by atoms with Crippen molar-refractivity contribution in [2.24, 2.45) is 5.92 Å². The topological polar surface area (TPSA) is 12.0 Å². The summed E-state index contributed by atoms with van der Waals surface area (Å²) < 4.78 is 13.4. The van der Waals surface area contributed by atoms with Crippen LogP contribution in [-0.4, -0.2) is 6.04 Å². The second kappa shape index (κ2) is 5.52. The molecule has 2 unspecified atom stereocenters. The molecule has 0 aromatic heterocycles. The zero-order valence-corrected chi connectivity index (χ0v) is 10.8. The molecular formula is C15H22FN. The molecule has 0 heterocycles. The molecule has 1 saturated carbocycles. The van der Waals surface area contributed by atoms with Crippen molar-refractivity contribution in [2.45, 2.75) is 52.0 Å². The third-order valence-corrected chi connectivity index (χ3v) is 3.88. The van der Waals surface area contributed by atoms with Gasteiger partial charge in [-0.1, -0.05) is 25.8 Å². The molecule has 2 heteroatoms. The summed E-state index contributed by atoms with van der Waals surface area (Å²) in [6.45, 7) is 4.17. The lowest BCUT2D eigenvalue weighted by molar-refractivity contribution is 0.502. The first kappa shape index (κ1) is 12.4. The summed E-state index contributed by atoms with van der Waals surface area (Å²) >= 11 is 0. The van der Waals surface area contributed by atoms with Gasteiger partial charge >= 0.3 is 0 Å². The highest BCUT2D eigenvalue weighted by atomic mass is 19.1. The van der Waals surface area contributed by atoms with E-state index in [-0.39, 0.29) is 5.82 Å². The third-order valence-electron chi connectivity index (χ3n) is 3.88. The van der Waals surface area contributed by atoms with E-state index < -0.39 is 0 Å². The molecule has 0 aliphatic heterocycles. The Bertz CT molecular complexity index is 375. The minimum atomic E-state index is -0.114. The third kappa shape index (κ3) is 3.21. The Labute approximate surface area is 103 Å². The fourth-order valence-corrected chi connectivity index (χ4v) is 2.62. The van der Waals surface area contributed by atoms with E-state index in [2.05, 4.69) is 12.2 Å². The number of anilines is 1. The van der Waals surface area contributed by atoms with Crippen molar-refractivity contribution in [1.29, 1.82) is 0 Å². The molecule has 2 atom stereocenters. The van der Waals surface area contributed by atoms with Crippen LogP contribution in [0.4, 0.5) is 10.1 Å². The van der Waals surface area contributed by atoms with Gasteiger partial charge in [0.05, 0.1) is 0 Å². The molecule has 0 amide bonds. The SMILES string of the molecule is Cc1c(F)cccc1NC1CCCC(C)CC1. The molecule has 1 aromatic carbocycles. The fraction of sp³-hybridized carbons (Fsp3) is 0.600. The molecule has 1 nitrogen and oxygen atoms in total. The number of halogens is 1. The van der Waals surface area contributed by atoms with Crippen molar-refractivity contribution < 1.29 is 4.39 Å². The van der Waals surface area contributed by atoms with Crippen LogP contribution in [-0.2, 0) is 0 Å². The molecule has 0 radical (unpaired) electrons. The van der Waals surface area contributed by atoms with Gasteiger partial charge in [-0.15, -0.1) is 0 Å². The first-order chi connectivity index (χ1) is 8.16. The number of nitrogens with one attached hydrogen (secondary N) is 1. The maximum absolute atomic E-state index is 13.4. The van der Waals surface area contributed by atoms with Gasteiger partial charge < -0.3 is 5.32 Å². The summed E-state index contributed by atoms with van der Waals surface area (Å²) in [6.07, 6.45) is 6.32. The Morgan fingerprint density at radius 3 is 2.82 bits per heavy atom. The van der Waals surface area contributed by atoms with Crippen LogP contribution in [0.5, 0.6) is 0 Å². The van der Waals surface area contributed by atoms with Crippen molar-refractivity contribution in [2.75, 3.05) is 5.32 Å². The van der Waals surface area contributed by atoms with Crippen molar-refractivity contribution in [3.05, 3.63) is 29.6 Å². The fourth-order valence-electron chi connectivity index (χ4n) is 2.62. The zero-order chi connectivity index (χ0) is 12.3. The summed E-state index contributed by atoms with van der Waals surface area (Å²) in [7, 11) is 0. The van der Waals surface area contributed by atoms with E-state index in [0.29, 0.717) is 6.04 Å². The van der Waals surface area contributed by atoms with Gasteiger partial charge in [-0.2, -0.15) is 0 Å². The van der Waals surface area contributed by atoms with Gasteiger partial charge in [-0.25, -0.2) is 4.39 Å². The molecule has 0 saturated heterocycles. The lowest BCUT2D eigenvalue weighted by Gasteiger charge is -2.19. The Morgan fingerprint density at radius 1 is 1.18 bits per heavy atom. The van der Waals surface area contributed by atoms with Gasteiger partial charge in [0, 0.05) is 17.3 Å². The minimum Gasteiger partial charge on any atom is -0.382 e. The Hall–Kier alpha value is -1.05. The van der Waals surface area contributed by atoms with Crippen LogP contribution in [0.25, 0.3) is 0 Å². The summed E-state index contributed by atoms with van der Waals surface area (Å²) in [5.74, 6) is 0.729. The summed E-state index contributed by atoms with van der Waals surface area (Å²) in [5, 5.41) is 3.51. The highest BCUT2D eigenvalue weighted by Gasteiger charge is 2.16. The van der Waals surface area contributed by atoms with Crippen LogP contribution < -0.4 is 5.32 Å². The van der Waals surface area contributed by atoms with Crippen LogP contribution in [0, 0.1) is 18.7 Å². The summed E-state index contributed by atoms with van der Waals surface area (Å²) in [4.78, 5) is 0. The smallest absolute Gasteiger partial charge is 0.128 e. The Morgan fingerprint density at radius 2 is 2.00 bits per heavy atom. The maximum Gasteiger partial charge on any atom is 0.128 e. The number of benzene rings is 1. The van der Waals surface area contributed by atoms with Crippen molar-refractivity contribution >= 4 is 5.69 Å². The minimum absolute atomic E-state index is 0.114. The van der Waals surface area contributed by atoms with Gasteiger partial charge in [-0.3, -0.25) is 0 Å². The normalized spacial score (nSPS) is 25.4. The molecule has 0 bridgehead atoms. The van der Waals surface area contributed by atoms with Gasteiger partial charge in [-0.05, 0) is 44.2 Å². The molecule has 2 rings (SSSR count). The van der Waals surface area contributed by atoms with Crippen LogP contribution in [0.15, 0.2) is 18.2 Å². The average Bonchev–Trinajstić information content (AvgIpc) is 2.50. The van der Waals surface area contributed by atoms with E-state index in [9.17, 15) is 4.39 Å². The molecule has 1 fully saturated rings. The lowest BCUT2D eigenvalue weighted by Crippen LogP contribution is -2.19. The molecular weight excluding hydrogens is 213 g/mol. The molecule has 1 aliphatic rings. The molecule has 1 N–H and O–H groups in total. The van der Waals surface area contributed by atoms with E-state index in [1.165, 1.54) is 38.2 Å². The van der Waals surface area contributed by atoms with E-state index in [4.69, 9.17) is 0 Å². The first-order valence-electron chi connectivity index (χ1n) is 6.68. The summed E-state index contributed by atoms with van der Waals surface area (Å²) in [6, 6.07) is 5.80. The van der Waals surface area contributed by atoms with Gasteiger partial charge in [0.1, 0.15) is 5.82 Å². The molecule has 17 heavy (non-hydrogen) atoms. The van der Waals surface area contributed by atoms with Gasteiger partial charge in [0.25, 0.3) is 0 Å². The highest BCUT2D eigenvalue weighted by molar-refractivity contribution is 5.51. The Balaban J connectivity index is 2.02. The first-order valence-corrected chi connectivity index (χ1v) is 6.68. The number of rotatable bonds is 2. The van der Waals surface area contributed by atoms with Crippen LogP contribution in [0.3, 0.4) is 0 Å². The number of hydrogen-bond acceptors (Lipinski definition) is 1. The lowest BCUT2D eigenvalue weighted by atomic mass is 10.0. The van der Waals surface area contributed by atoms with Crippen LogP contribution in [0.2, 0.25) is 0 Å². The zero-order valence-electron chi connectivity index (χ0n) is 10.8. The standard InChI is InChI=1S/C15H22FN/c1-11-5-3-6-13(10-9-11)17-15-8-4-7-14(16)12(15)2/h4,7-8,11,13,17H,3,5-6,9-10H2,1-2H3. The summed E-state index contributed by atoms with van der Waals surface area (Å²) in [5.41, 5.74) is 1.70. The molecule has 1 aromatic rings. The Kier molecular flexibility index (Phi) is 4.03. The van der Waals surface area contributed by atoms with Gasteiger partial charge in [0.2, 0.25) is 0 Å². The van der Waals surface area contributed by atoms with Crippen molar-refractivity contribution in [3.8, 4) is 0 Å². The second-order valence-corrected chi connectivity index (χ2v) is 5.37. The molecule has 1 aliphatic carbocycles. The largest absolute Gasteiger partial charge is 0.382 e. The van der Waals surface area contributed by atoms with Gasteiger partial charge in [0.15, 0.2) is 0 Å². The van der Waals surface area contributed by atoms with Crippen molar-refractivity contribution in [1.82, 2.24) is 0 Å². The quantitative estimate of drug-likeness (QED) is 0.743. The second-order valence-electron chi connectivity index (χ2n) is 5.37. The number of hydrogen-bond donors (Lipinski definition) is 1. The van der Waals surface area contributed by atoms with E-state index in [1.54, 1.807) is 6.07 Å². The molecule has 94 valence electrons. The average molecular weight is 235 g/mol.